The molecule has 0 saturated heterocycles. The second-order valence-corrected chi connectivity index (χ2v) is 4.58. The summed E-state index contributed by atoms with van der Waals surface area (Å²) in [6, 6.07) is 3.86. The van der Waals surface area contributed by atoms with Gasteiger partial charge in [-0.1, -0.05) is 12.8 Å². The zero-order valence-corrected chi connectivity index (χ0v) is 9.26. The number of hydrogen-bond donors (Lipinski definition) is 1. The Kier molecular flexibility index (Phi) is 2.27. The summed E-state index contributed by atoms with van der Waals surface area (Å²) in [4.78, 5) is 8.70. The largest absolute Gasteiger partial charge is 0.369 e. The van der Waals surface area contributed by atoms with Crippen molar-refractivity contribution in [3.05, 3.63) is 18.3 Å². The van der Waals surface area contributed by atoms with Crippen LogP contribution in [0, 0.1) is 5.92 Å². The highest BCUT2D eigenvalue weighted by molar-refractivity contribution is 5.73. The molecule has 0 unspecified atom stereocenters. The molecule has 84 valence electrons. The van der Waals surface area contributed by atoms with Crippen molar-refractivity contribution in [2.24, 2.45) is 5.92 Å². The smallest absolute Gasteiger partial charge is 0.202 e. The van der Waals surface area contributed by atoms with E-state index in [1.807, 2.05) is 12.1 Å². The van der Waals surface area contributed by atoms with E-state index in [4.69, 9.17) is 5.73 Å². The summed E-state index contributed by atoms with van der Waals surface area (Å²) in [6.45, 7) is 0.972. The van der Waals surface area contributed by atoms with E-state index >= 15 is 0 Å². The Morgan fingerprint density at radius 3 is 3.00 bits per heavy atom. The Morgan fingerprint density at radius 1 is 1.38 bits per heavy atom. The van der Waals surface area contributed by atoms with Gasteiger partial charge in [0.15, 0.2) is 5.65 Å². The van der Waals surface area contributed by atoms with E-state index in [0.717, 1.165) is 23.6 Å². The molecule has 0 spiro atoms. The number of anilines is 1. The van der Waals surface area contributed by atoms with E-state index in [1.54, 1.807) is 6.20 Å². The van der Waals surface area contributed by atoms with Crippen LogP contribution in [-0.4, -0.2) is 14.5 Å². The molecule has 0 bridgehead atoms. The zero-order valence-electron chi connectivity index (χ0n) is 9.26. The molecule has 2 heterocycles. The van der Waals surface area contributed by atoms with Crippen LogP contribution in [0.15, 0.2) is 18.3 Å². The maximum Gasteiger partial charge on any atom is 0.202 e. The van der Waals surface area contributed by atoms with Crippen LogP contribution in [0.1, 0.15) is 25.7 Å². The maximum atomic E-state index is 5.94. The zero-order chi connectivity index (χ0) is 11.0. The highest BCUT2D eigenvalue weighted by Crippen LogP contribution is 2.28. The van der Waals surface area contributed by atoms with E-state index < -0.39 is 0 Å². The predicted molar refractivity (Wildman–Crippen MR) is 63.9 cm³/mol. The number of fused-ring (bicyclic) bond motifs is 1. The molecule has 0 atom stereocenters. The number of imidazole rings is 1. The molecule has 2 aromatic rings. The first kappa shape index (κ1) is 9.63. The number of rotatable bonds is 2. The Hall–Kier alpha value is -1.58. The third-order valence-electron chi connectivity index (χ3n) is 3.45. The van der Waals surface area contributed by atoms with Gasteiger partial charge in [0.05, 0.1) is 0 Å². The van der Waals surface area contributed by atoms with Crippen molar-refractivity contribution >= 4 is 17.1 Å². The van der Waals surface area contributed by atoms with Crippen LogP contribution >= 0.6 is 0 Å². The summed E-state index contributed by atoms with van der Waals surface area (Å²) < 4.78 is 2.06. The SMILES string of the molecule is Nc1nc2cccnc2n1CC1CCCC1. The van der Waals surface area contributed by atoms with E-state index in [9.17, 15) is 0 Å². The van der Waals surface area contributed by atoms with Crippen molar-refractivity contribution in [1.29, 1.82) is 0 Å². The van der Waals surface area contributed by atoms with Crippen LogP contribution in [0.25, 0.3) is 11.2 Å². The Balaban J connectivity index is 1.98. The molecule has 0 aliphatic heterocycles. The van der Waals surface area contributed by atoms with E-state index in [0.29, 0.717) is 5.95 Å². The number of aromatic nitrogens is 3. The van der Waals surface area contributed by atoms with Gasteiger partial charge in [0.25, 0.3) is 0 Å². The third kappa shape index (κ3) is 1.54. The topological polar surface area (TPSA) is 56.7 Å². The van der Waals surface area contributed by atoms with Crippen molar-refractivity contribution in [1.82, 2.24) is 14.5 Å². The molecule has 0 aromatic carbocycles. The van der Waals surface area contributed by atoms with Crippen molar-refractivity contribution in [2.45, 2.75) is 32.2 Å². The molecular formula is C12H16N4. The second-order valence-electron chi connectivity index (χ2n) is 4.58. The molecule has 4 heteroatoms. The van der Waals surface area contributed by atoms with E-state index in [2.05, 4.69) is 14.5 Å². The van der Waals surface area contributed by atoms with Gasteiger partial charge in [0.1, 0.15) is 5.52 Å². The molecule has 1 aliphatic rings. The van der Waals surface area contributed by atoms with Crippen LogP contribution < -0.4 is 5.73 Å². The normalized spacial score (nSPS) is 17.2. The molecule has 1 saturated carbocycles. The number of pyridine rings is 1. The number of nitrogens with zero attached hydrogens (tertiary/aromatic N) is 3. The average molecular weight is 216 g/mol. The van der Waals surface area contributed by atoms with Crippen LogP contribution in [0.4, 0.5) is 5.95 Å². The fraction of sp³-hybridized carbons (Fsp3) is 0.500. The summed E-state index contributed by atoms with van der Waals surface area (Å²) in [5.74, 6) is 1.35. The fourth-order valence-corrected chi connectivity index (χ4v) is 2.61. The molecule has 2 N–H and O–H groups in total. The predicted octanol–water partition coefficient (Wildman–Crippen LogP) is 2.20. The van der Waals surface area contributed by atoms with Gasteiger partial charge in [-0.2, -0.15) is 0 Å². The summed E-state index contributed by atoms with van der Waals surface area (Å²) in [5.41, 5.74) is 7.77. The lowest BCUT2D eigenvalue weighted by Crippen LogP contribution is -2.10. The lowest BCUT2D eigenvalue weighted by molar-refractivity contribution is 0.466. The van der Waals surface area contributed by atoms with Gasteiger partial charge in [0, 0.05) is 12.7 Å². The standard InChI is InChI=1S/C12H16N4/c13-12-15-10-6-3-7-14-11(10)16(12)8-9-4-1-2-5-9/h3,6-7,9H,1-2,4-5,8H2,(H2,13,15). The lowest BCUT2D eigenvalue weighted by Gasteiger charge is -2.11. The van der Waals surface area contributed by atoms with E-state index in [-0.39, 0.29) is 0 Å². The van der Waals surface area contributed by atoms with Crippen LogP contribution in [0.2, 0.25) is 0 Å². The minimum Gasteiger partial charge on any atom is -0.369 e. The van der Waals surface area contributed by atoms with Crippen molar-refractivity contribution in [2.75, 3.05) is 5.73 Å². The molecule has 1 fully saturated rings. The summed E-state index contributed by atoms with van der Waals surface area (Å²) in [7, 11) is 0. The first-order chi connectivity index (χ1) is 7.84. The number of hydrogen-bond acceptors (Lipinski definition) is 3. The first-order valence-electron chi connectivity index (χ1n) is 5.91. The summed E-state index contributed by atoms with van der Waals surface area (Å²) in [6.07, 6.45) is 7.13. The van der Waals surface area contributed by atoms with Gasteiger partial charge in [-0.05, 0) is 30.9 Å². The van der Waals surface area contributed by atoms with E-state index in [1.165, 1.54) is 25.7 Å². The number of nitrogens with two attached hydrogens (primary N) is 1. The Bertz CT molecular complexity index is 497. The molecule has 3 rings (SSSR count). The Labute approximate surface area is 94.5 Å². The van der Waals surface area contributed by atoms with Gasteiger partial charge in [-0.15, -0.1) is 0 Å². The van der Waals surface area contributed by atoms with Gasteiger partial charge in [0.2, 0.25) is 5.95 Å². The Morgan fingerprint density at radius 2 is 2.19 bits per heavy atom. The summed E-state index contributed by atoms with van der Waals surface area (Å²) >= 11 is 0. The van der Waals surface area contributed by atoms with Crippen LogP contribution in [-0.2, 0) is 6.54 Å². The molecule has 2 aromatic heterocycles. The highest BCUT2D eigenvalue weighted by atomic mass is 15.2. The number of nitrogen functional groups attached to an aromatic ring is 1. The van der Waals surface area contributed by atoms with Crippen molar-refractivity contribution in [3.8, 4) is 0 Å². The lowest BCUT2D eigenvalue weighted by atomic mass is 10.1. The van der Waals surface area contributed by atoms with Gasteiger partial charge in [-0.25, -0.2) is 9.97 Å². The average Bonchev–Trinajstić information content (AvgIpc) is 2.89. The molecule has 0 radical (unpaired) electrons. The van der Waals surface area contributed by atoms with Gasteiger partial charge >= 0.3 is 0 Å². The van der Waals surface area contributed by atoms with Crippen LogP contribution in [0.5, 0.6) is 0 Å². The fourth-order valence-electron chi connectivity index (χ4n) is 2.61. The minimum absolute atomic E-state index is 0.598. The molecule has 0 amide bonds. The molecule has 1 aliphatic carbocycles. The highest BCUT2D eigenvalue weighted by Gasteiger charge is 2.18. The maximum absolute atomic E-state index is 5.94. The third-order valence-corrected chi connectivity index (χ3v) is 3.45. The monoisotopic (exact) mass is 216 g/mol. The minimum atomic E-state index is 0.598. The quantitative estimate of drug-likeness (QED) is 0.837. The van der Waals surface area contributed by atoms with Gasteiger partial charge in [-0.3, -0.25) is 4.57 Å². The van der Waals surface area contributed by atoms with Crippen LogP contribution in [0.3, 0.4) is 0 Å². The van der Waals surface area contributed by atoms with Crippen molar-refractivity contribution < 1.29 is 0 Å². The molecule has 16 heavy (non-hydrogen) atoms. The second kappa shape index (κ2) is 3.77. The summed E-state index contributed by atoms with van der Waals surface area (Å²) in [5, 5.41) is 0. The van der Waals surface area contributed by atoms with Gasteiger partial charge < -0.3 is 5.73 Å². The molecule has 4 nitrogen and oxygen atoms in total. The first-order valence-corrected chi connectivity index (χ1v) is 5.91. The molecular weight excluding hydrogens is 200 g/mol. The van der Waals surface area contributed by atoms with Crippen molar-refractivity contribution in [3.63, 3.8) is 0 Å².